The van der Waals surface area contributed by atoms with Crippen LogP contribution in [0, 0.1) is 0 Å². The Bertz CT molecular complexity index is 1120. The van der Waals surface area contributed by atoms with Crippen LogP contribution in [0.5, 0.6) is 5.75 Å². The number of hydrogen-bond donors (Lipinski definition) is 1. The highest BCUT2D eigenvalue weighted by atomic mass is 32.1. The maximum Gasteiger partial charge on any atom is 0.283 e. The molecule has 1 aromatic carbocycles. The predicted octanol–water partition coefficient (Wildman–Crippen LogP) is 2.10. The van der Waals surface area contributed by atoms with Crippen LogP contribution in [-0.2, 0) is 11.2 Å². The summed E-state index contributed by atoms with van der Waals surface area (Å²) in [6.07, 6.45) is 4.40. The van der Waals surface area contributed by atoms with Crippen molar-refractivity contribution in [2.24, 2.45) is 0 Å². The van der Waals surface area contributed by atoms with E-state index in [4.69, 9.17) is 14.5 Å². The number of thiazole rings is 1. The number of carbonyl (C=O) groups is 1. The van der Waals surface area contributed by atoms with Crippen molar-refractivity contribution in [1.29, 1.82) is 0 Å². The SMILES string of the molecule is O=C(c1nc2c(s1)CCOc1cc(-c3cn[nH]c3)ccc1-2)N1CCN(N2CCOCC2)C1. The lowest BCUT2D eigenvalue weighted by atomic mass is 10.0. The summed E-state index contributed by atoms with van der Waals surface area (Å²) in [4.78, 5) is 21.1. The largest absolute Gasteiger partial charge is 0.492 e. The molecule has 0 aliphatic carbocycles. The van der Waals surface area contributed by atoms with Gasteiger partial charge in [-0.3, -0.25) is 9.89 Å². The molecule has 0 spiro atoms. The van der Waals surface area contributed by atoms with Crippen molar-refractivity contribution in [2.45, 2.75) is 6.42 Å². The van der Waals surface area contributed by atoms with Gasteiger partial charge in [0.1, 0.15) is 5.75 Å². The highest BCUT2D eigenvalue weighted by molar-refractivity contribution is 7.14. The highest BCUT2D eigenvalue weighted by Crippen LogP contribution is 2.40. The number of nitrogens with one attached hydrogen (secondary N) is 1. The molecule has 1 amide bonds. The normalized spacial score (nSPS) is 19.3. The molecule has 9 nitrogen and oxygen atoms in total. The van der Waals surface area contributed by atoms with Crippen molar-refractivity contribution in [3.63, 3.8) is 0 Å². The van der Waals surface area contributed by atoms with Gasteiger partial charge in [0, 0.05) is 54.8 Å². The third-order valence-corrected chi connectivity index (χ3v) is 7.28. The summed E-state index contributed by atoms with van der Waals surface area (Å²) in [6.45, 7) is 5.99. The molecule has 3 aliphatic rings. The molecular weight excluding hydrogens is 428 g/mol. The van der Waals surface area contributed by atoms with Crippen LogP contribution < -0.4 is 4.74 Å². The third-order valence-electron chi connectivity index (χ3n) is 6.17. The second-order valence-electron chi connectivity index (χ2n) is 8.09. The van der Waals surface area contributed by atoms with Gasteiger partial charge in [-0.25, -0.2) is 15.0 Å². The zero-order valence-corrected chi connectivity index (χ0v) is 18.4. The Morgan fingerprint density at radius 2 is 1.97 bits per heavy atom. The number of aromatic nitrogens is 3. The number of rotatable bonds is 3. The molecule has 0 radical (unpaired) electrons. The third kappa shape index (κ3) is 3.58. The standard InChI is InChI=1S/C22H24N6O3S/c29-22(26-4-5-28(14-26)27-6-9-30-10-7-27)21-25-20-17-2-1-15(16-12-23-24-13-16)11-18(17)31-8-3-19(20)32-21/h1-2,11-13H,3-10,14H2,(H,23,24). The second kappa shape index (κ2) is 8.28. The van der Waals surface area contributed by atoms with E-state index < -0.39 is 0 Å². The number of fused-ring (bicyclic) bond motifs is 3. The zero-order chi connectivity index (χ0) is 21.5. The van der Waals surface area contributed by atoms with Gasteiger partial charge in [0.05, 0.1) is 38.4 Å². The average Bonchev–Trinajstić information content (AvgIpc) is 3.59. The summed E-state index contributed by atoms with van der Waals surface area (Å²) < 4.78 is 11.5. The van der Waals surface area contributed by atoms with E-state index in [-0.39, 0.29) is 5.91 Å². The van der Waals surface area contributed by atoms with Gasteiger partial charge in [0.15, 0.2) is 5.01 Å². The number of ether oxygens (including phenoxy) is 2. The number of nitrogens with zero attached hydrogens (tertiary/aromatic N) is 5. The summed E-state index contributed by atoms with van der Waals surface area (Å²) in [5, 5.41) is 12.0. The summed E-state index contributed by atoms with van der Waals surface area (Å²) in [5.41, 5.74) is 3.85. The van der Waals surface area contributed by atoms with E-state index in [1.54, 1.807) is 6.20 Å². The van der Waals surface area contributed by atoms with Crippen molar-refractivity contribution in [2.75, 3.05) is 52.7 Å². The van der Waals surface area contributed by atoms with Crippen LogP contribution in [0.1, 0.15) is 14.7 Å². The van der Waals surface area contributed by atoms with E-state index in [1.165, 1.54) is 11.3 Å². The number of carbonyl (C=O) groups excluding carboxylic acids is 1. The van der Waals surface area contributed by atoms with Gasteiger partial charge in [-0.15, -0.1) is 11.3 Å². The maximum atomic E-state index is 13.3. The fourth-order valence-electron chi connectivity index (χ4n) is 4.45. The minimum Gasteiger partial charge on any atom is -0.492 e. The molecular formula is C22H24N6O3S. The molecule has 3 aliphatic heterocycles. The van der Waals surface area contributed by atoms with Gasteiger partial charge in [-0.1, -0.05) is 6.07 Å². The molecule has 0 bridgehead atoms. The van der Waals surface area contributed by atoms with Crippen molar-refractivity contribution in [1.82, 2.24) is 30.1 Å². The van der Waals surface area contributed by atoms with Crippen molar-refractivity contribution in [3.8, 4) is 28.1 Å². The molecule has 166 valence electrons. The Morgan fingerprint density at radius 3 is 2.81 bits per heavy atom. The van der Waals surface area contributed by atoms with E-state index in [1.807, 2.05) is 29.3 Å². The second-order valence-corrected chi connectivity index (χ2v) is 9.18. The van der Waals surface area contributed by atoms with Crippen LogP contribution in [0.3, 0.4) is 0 Å². The number of H-pyrrole nitrogens is 1. The van der Waals surface area contributed by atoms with Crippen LogP contribution >= 0.6 is 11.3 Å². The lowest BCUT2D eigenvalue weighted by Crippen LogP contribution is -2.48. The lowest BCUT2D eigenvalue weighted by Gasteiger charge is -2.34. The average molecular weight is 453 g/mol. The molecule has 0 atom stereocenters. The first-order valence-electron chi connectivity index (χ1n) is 10.9. The maximum absolute atomic E-state index is 13.3. The molecule has 5 heterocycles. The minimum atomic E-state index is 0.0105. The van der Waals surface area contributed by atoms with Gasteiger partial charge in [0.25, 0.3) is 5.91 Å². The van der Waals surface area contributed by atoms with Crippen LogP contribution in [0.2, 0.25) is 0 Å². The molecule has 3 aromatic rings. The van der Waals surface area contributed by atoms with E-state index in [2.05, 4.69) is 20.2 Å². The number of amides is 1. The smallest absolute Gasteiger partial charge is 0.283 e. The molecule has 0 saturated carbocycles. The number of aromatic amines is 1. The molecule has 1 N–H and O–H groups in total. The topological polar surface area (TPSA) is 86.8 Å². The van der Waals surface area contributed by atoms with Gasteiger partial charge in [-0.05, 0) is 17.7 Å². The van der Waals surface area contributed by atoms with Crippen LogP contribution in [0.15, 0.2) is 30.6 Å². The number of morpholine rings is 1. The zero-order valence-electron chi connectivity index (χ0n) is 17.6. The molecule has 0 unspecified atom stereocenters. The fourth-order valence-corrected chi connectivity index (χ4v) is 5.47. The Kier molecular flexibility index (Phi) is 5.14. The van der Waals surface area contributed by atoms with Gasteiger partial charge < -0.3 is 14.4 Å². The minimum absolute atomic E-state index is 0.0105. The molecule has 32 heavy (non-hydrogen) atoms. The van der Waals surface area contributed by atoms with Gasteiger partial charge >= 0.3 is 0 Å². The summed E-state index contributed by atoms with van der Waals surface area (Å²) in [7, 11) is 0. The van der Waals surface area contributed by atoms with Crippen LogP contribution in [-0.4, -0.2) is 88.7 Å². The Labute approximate surface area is 189 Å². The van der Waals surface area contributed by atoms with E-state index in [0.29, 0.717) is 24.8 Å². The first kappa shape index (κ1) is 19.9. The first-order valence-corrected chi connectivity index (χ1v) is 11.7. The van der Waals surface area contributed by atoms with Gasteiger partial charge in [0.2, 0.25) is 0 Å². The quantitative estimate of drug-likeness (QED) is 0.651. The molecule has 2 aromatic heterocycles. The van der Waals surface area contributed by atoms with Crippen molar-refractivity contribution >= 4 is 17.2 Å². The predicted molar refractivity (Wildman–Crippen MR) is 119 cm³/mol. The molecule has 10 heteroatoms. The monoisotopic (exact) mass is 452 g/mol. The van der Waals surface area contributed by atoms with Crippen molar-refractivity contribution < 1.29 is 14.3 Å². The first-order chi connectivity index (χ1) is 15.8. The molecule has 2 saturated heterocycles. The van der Waals surface area contributed by atoms with Crippen LogP contribution in [0.25, 0.3) is 22.4 Å². The number of benzene rings is 1. The van der Waals surface area contributed by atoms with Crippen LogP contribution in [0.4, 0.5) is 0 Å². The van der Waals surface area contributed by atoms with E-state index in [9.17, 15) is 4.79 Å². The number of hydrazine groups is 1. The number of hydrogen-bond acceptors (Lipinski definition) is 8. The Balaban J connectivity index is 1.24. The molecule has 6 rings (SSSR count). The summed E-state index contributed by atoms with van der Waals surface area (Å²) >= 11 is 1.50. The Morgan fingerprint density at radius 1 is 1.06 bits per heavy atom. The molecule has 2 fully saturated rings. The van der Waals surface area contributed by atoms with Crippen molar-refractivity contribution in [3.05, 3.63) is 40.5 Å². The lowest BCUT2D eigenvalue weighted by molar-refractivity contribution is -0.0827. The van der Waals surface area contributed by atoms with E-state index >= 15 is 0 Å². The van der Waals surface area contributed by atoms with E-state index in [0.717, 1.165) is 72.3 Å². The fraction of sp³-hybridized carbons (Fsp3) is 0.409. The van der Waals surface area contributed by atoms with Gasteiger partial charge in [-0.2, -0.15) is 5.10 Å². The highest BCUT2D eigenvalue weighted by Gasteiger charge is 2.32. The summed E-state index contributed by atoms with van der Waals surface area (Å²) in [5.74, 6) is 0.808. The Hall–Kier alpha value is -2.79. The summed E-state index contributed by atoms with van der Waals surface area (Å²) in [6, 6.07) is 6.10.